The highest BCUT2D eigenvalue weighted by Crippen LogP contribution is 2.31. The van der Waals surface area contributed by atoms with Gasteiger partial charge in [0.1, 0.15) is 9.84 Å². The van der Waals surface area contributed by atoms with Crippen LogP contribution < -0.4 is 5.32 Å². The molecule has 1 atom stereocenters. The fourth-order valence-corrected chi connectivity index (χ4v) is 4.71. The van der Waals surface area contributed by atoms with E-state index in [9.17, 15) is 18.5 Å². The molecule has 0 bridgehead atoms. The molecule has 0 aliphatic carbocycles. The fraction of sp³-hybridized carbons (Fsp3) is 0.179. The molecule has 1 heterocycles. The van der Waals surface area contributed by atoms with Crippen molar-refractivity contribution < 1.29 is 13.2 Å². The van der Waals surface area contributed by atoms with Crippen molar-refractivity contribution in [1.82, 2.24) is 10.3 Å². The summed E-state index contributed by atoms with van der Waals surface area (Å²) in [6, 6.07) is 27.7. The Kier molecular flexibility index (Phi) is 7.23. The SMILES string of the molecule is CS(=O)(=O)CCc1c(-c2ccccc2)nc2ccccc2c1C(=O)NC(CC#N)c1ccccc1. The summed E-state index contributed by atoms with van der Waals surface area (Å²) in [6.07, 6.45) is 1.42. The van der Waals surface area contributed by atoms with E-state index in [1.54, 1.807) is 0 Å². The number of nitrogens with one attached hydrogen (secondary N) is 1. The molecule has 0 aliphatic heterocycles. The van der Waals surface area contributed by atoms with E-state index < -0.39 is 15.9 Å². The average Bonchev–Trinajstić information content (AvgIpc) is 2.87. The summed E-state index contributed by atoms with van der Waals surface area (Å²) in [6.45, 7) is 0. The lowest BCUT2D eigenvalue weighted by Crippen LogP contribution is -2.30. The number of nitriles is 1. The summed E-state index contributed by atoms with van der Waals surface area (Å²) >= 11 is 0. The Labute approximate surface area is 205 Å². The van der Waals surface area contributed by atoms with E-state index in [1.165, 1.54) is 6.26 Å². The standard InChI is InChI=1S/C28H25N3O3S/c1-35(33,34)19-17-23-26(28(32)31-24(16-18-29)20-10-4-2-5-11-20)22-14-8-9-15-25(22)30-27(23)21-12-6-3-7-13-21/h2-15,24H,16-17,19H2,1H3,(H,31,32). The number of pyridine rings is 1. The Morgan fingerprint density at radius 3 is 2.26 bits per heavy atom. The van der Waals surface area contributed by atoms with Crippen LogP contribution in [0.2, 0.25) is 0 Å². The predicted molar refractivity (Wildman–Crippen MR) is 137 cm³/mol. The van der Waals surface area contributed by atoms with Crippen molar-refractivity contribution in [2.75, 3.05) is 12.0 Å². The number of fused-ring (bicyclic) bond motifs is 1. The summed E-state index contributed by atoms with van der Waals surface area (Å²) in [7, 11) is -3.29. The van der Waals surface area contributed by atoms with Gasteiger partial charge in [-0.1, -0.05) is 78.9 Å². The molecule has 1 aromatic heterocycles. The number of carbonyl (C=O) groups is 1. The second-order valence-electron chi connectivity index (χ2n) is 8.38. The van der Waals surface area contributed by atoms with E-state index in [0.29, 0.717) is 27.7 Å². The number of rotatable bonds is 8. The van der Waals surface area contributed by atoms with Crippen LogP contribution in [0, 0.1) is 11.3 Å². The summed E-state index contributed by atoms with van der Waals surface area (Å²) < 4.78 is 24.2. The van der Waals surface area contributed by atoms with Crippen molar-refractivity contribution in [2.24, 2.45) is 0 Å². The zero-order valence-corrected chi connectivity index (χ0v) is 20.1. The molecule has 1 unspecified atom stereocenters. The normalized spacial score (nSPS) is 12.1. The minimum atomic E-state index is -3.29. The third-order valence-electron chi connectivity index (χ3n) is 5.79. The van der Waals surface area contributed by atoms with Crippen molar-refractivity contribution in [3.05, 3.63) is 102 Å². The maximum absolute atomic E-state index is 13.8. The Balaban J connectivity index is 1.90. The van der Waals surface area contributed by atoms with Gasteiger partial charge in [0.15, 0.2) is 0 Å². The topological polar surface area (TPSA) is 99.9 Å². The molecule has 0 aliphatic rings. The molecule has 4 rings (SSSR count). The van der Waals surface area contributed by atoms with Crippen LogP contribution in [0.15, 0.2) is 84.9 Å². The van der Waals surface area contributed by atoms with E-state index in [0.717, 1.165) is 11.1 Å². The number of nitrogens with zero attached hydrogens (tertiary/aromatic N) is 2. The van der Waals surface area contributed by atoms with Crippen molar-refractivity contribution in [3.63, 3.8) is 0 Å². The number of para-hydroxylation sites is 1. The van der Waals surface area contributed by atoms with Crippen molar-refractivity contribution in [2.45, 2.75) is 18.9 Å². The summed E-state index contributed by atoms with van der Waals surface area (Å²) in [5, 5.41) is 13.1. The molecule has 0 saturated heterocycles. The van der Waals surface area contributed by atoms with Gasteiger partial charge in [0.05, 0.1) is 41.1 Å². The van der Waals surface area contributed by atoms with Crippen LogP contribution in [0.4, 0.5) is 0 Å². The highest BCUT2D eigenvalue weighted by atomic mass is 32.2. The molecule has 1 N–H and O–H groups in total. The van der Waals surface area contributed by atoms with Crippen LogP contribution in [-0.2, 0) is 16.3 Å². The first kappa shape index (κ1) is 24.1. The molecule has 6 nitrogen and oxygen atoms in total. The van der Waals surface area contributed by atoms with Crippen LogP contribution in [0.1, 0.15) is 33.9 Å². The van der Waals surface area contributed by atoms with Gasteiger partial charge in [-0.05, 0) is 23.6 Å². The number of carbonyl (C=O) groups excluding carboxylic acids is 1. The number of amides is 1. The maximum atomic E-state index is 13.8. The second-order valence-corrected chi connectivity index (χ2v) is 10.6. The Bertz CT molecular complexity index is 1500. The van der Waals surface area contributed by atoms with Crippen LogP contribution in [0.3, 0.4) is 0 Å². The Morgan fingerprint density at radius 1 is 0.971 bits per heavy atom. The Morgan fingerprint density at radius 2 is 1.60 bits per heavy atom. The quantitative estimate of drug-likeness (QED) is 0.385. The summed E-state index contributed by atoms with van der Waals surface area (Å²) in [5.41, 5.74) is 3.79. The zero-order chi connectivity index (χ0) is 24.8. The van der Waals surface area contributed by atoms with E-state index in [2.05, 4.69) is 11.4 Å². The number of hydrogen-bond donors (Lipinski definition) is 1. The van der Waals surface area contributed by atoms with E-state index in [-0.39, 0.29) is 24.5 Å². The second kappa shape index (κ2) is 10.5. The van der Waals surface area contributed by atoms with Gasteiger partial charge in [0.2, 0.25) is 0 Å². The van der Waals surface area contributed by atoms with E-state index >= 15 is 0 Å². The highest BCUT2D eigenvalue weighted by molar-refractivity contribution is 7.90. The van der Waals surface area contributed by atoms with E-state index in [1.807, 2.05) is 84.9 Å². The summed E-state index contributed by atoms with van der Waals surface area (Å²) in [4.78, 5) is 18.7. The summed E-state index contributed by atoms with van der Waals surface area (Å²) in [5.74, 6) is -0.485. The van der Waals surface area contributed by atoms with Crippen LogP contribution in [0.25, 0.3) is 22.2 Å². The van der Waals surface area contributed by atoms with Gasteiger partial charge in [-0.25, -0.2) is 13.4 Å². The molecule has 3 aromatic carbocycles. The van der Waals surface area contributed by atoms with Gasteiger partial charge in [0.25, 0.3) is 5.91 Å². The molecule has 0 spiro atoms. The van der Waals surface area contributed by atoms with Gasteiger partial charge >= 0.3 is 0 Å². The molecule has 1 amide bonds. The number of hydrogen-bond acceptors (Lipinski definition) is 5. The smallest absolute Gasteiger partial charge is 0.252 e. The molecule has 176 valence electrons. The molecule has 35 heavy (non-hydrogen) atoms. The van der Waals surface area contributed by atoms with E-state index in [4.69, 9.17) is 4.98 Å². The lowest BCUT2D eigenvalue weighted by atomic mass is 9.94. The van der Waals surface area contributed by atoms with Crippen LogP contribution in [-0.4, -0.2) is 31.3 Å². The largest absolute Gasteiger partial charge is 0.344 e. The van der Waals surface area contributed by atoms with Gasteiger partial charge < -0.3 is 5.32 Å². The fourth-order valence-electron chi connectivity index (χ4n) is 4.14. The highest BCUT2D eigenvalue weighted by Gasteiger charge is 2.24. The molecule has 0 radical (unpaired) electrons. The lowest BCUT2D eigenvalue weighted by molar-refractivity contribution is 0.0938. The first-order valence-corrected chi connectivity index (χ1v) is 13.3. The van der Waals surface area contributed by atoms with Gasteiger partial charge in [0, 0.05) is 17.2 Å². The third kappa shape index (κ3) is 5.73. The molecule has 0 fully saturated rings. The Hall–Kier alpha value is -4.02. The first-order chi connectivity index (χ1) is 16.9. The lowest BCUT2D eigenvalue weighted by Gasteiger charge is -2.21. The van der Waals surface area contributed by atoms with Gasteiger partial charge in [-0.2, -0.15) is 5.26 Å². The molecule has 4 aromatic rings. The molecular weight excluding hydrogens is 458 g/mol. The van der Waals surface area contributed by atoms with Crippen LogP contribution >= 0.6 is 0 Å². The van der Waals surface area contributed by atoms with Crippen LogP contribution in [0.5, 0.6) is 0 Å². The van der Waals surface area contributed by atoms with Crippen molar-refractivity contribution in [1.29, 1.82) is 5.26 Å². The number of aromatic nitrogens is 1. The zero-order valence-electron chi connectivity index (χ0n) is 19.3. The third-order valence-corrected chi connectivity index (χ3v) is 6.74. The van der Waals surface area contributed by atoms with Gasteiger partial charge in [-0.3, -0.25) is 4.79 Å². The minimum absolute atomic E-state index is 0.100. The minimum Gasteiger partial charge on any atom is -0.344 e. The monoisotopic (exact) mass is 483 g/mol. The van der Waals surface area contributed by atoms with Gasteiger partial charge in [-0.15, -0.1) is 0 Å². The molecule has 7 heteroatoms. The maximum Gasteiger partial charge on any atom is 0.252 e. The first-order valence-electron chi connectivity index (χ1n) is 11.2. The number of benzene rings is 3. The number of sulfone groups is 1. The molecule has 0 saturated carbocycles. The average molecular weight is 484 g/mol. The van der Waals surface area contributed by atoms with Crippen molar-refractivity contribution in [3.8, 4) is 17.3 Å². The predicted octanol–water partition coefficient (Wildman–Crippen LogP) is 4.87. The van der Waals surface area contributed by atoms with Crippen molar-refractivity contribution >= 4 is 26.6 Å². The molecular formula is C28H25N3O3S.